The van der Waals surface area contributed by atoms with Crippen molar-refractivity contribution in [2.75, 3.05) is 0 Å². The first-order valence-electron chi connectivity index (χ1n) is 4.78. The highest BCUT2D eigenvalue weighted by Gasteiger charge is 2.04. The third-order valence-electron chi connectivity index (χ3n) is 2.25. The second kappa shape index (κ2) is 4.70. The van der Waals surface area contributed by atoms with Gasteiger partial charge in [0, 0.05) is 17.5 Å². The summed E-state index contributed by atoms with van der Waals surface area (Å²) < 4.78 is 0. The number of aromatic amines is 1. The fourth-order valence-electron chi connectivity index (χ4n) is 1.48. The first kappa shape index (κ1) is 9.85. The molecule has 0 spiro atoms. The number of aromatic nitrogens is 1. The molecule has 1 heterocycles. The summed E-state index contributed by atoms with van der Waals surface area (Å²) in [6.45, 7) is 9.77. The second-order valence-electron chi connectivity index (χ2n) is 3.15. The number of unbranched alkanes of at least 4 members (excludes halogenated alkanes) is 1. The zero-order chi connectivity index (χ0) is 9.68. The average Bonchev–Trinajstić information content (AvgIpc) is 2.56. The summed E-state index contributed by atoms with van der Waals surface area (Å²) in [4.78, 5) is 3.19. The van der Waals surface area contributed by atoms with Gasteiger partial charge in [-0.3, -0.25) is 0 Å². The summed E-state index contributed by atoms with van der Waals surface area (Å²) in [5.41, 5.74) is 3.65. The van der Waals surface area contributed by atoms with Crippen molar-refractivity contribution in [2.24, 2.45) is 0 Å². The van der Waals surface area contributed by atoms with E-state index in [1.165, 1.54) is 24.0 Å². The van der Waals surface area contributed by atoms with Gasteiger partial charge in [-0.25, -0.2) is 0 Å². The van der Waals surface area contributed by atoms with E-state index < -0.39 is 0 Å². The Balaban J connectivity index is 2.87. The Hall–Kier alpha value is -1.24. The van der Waals surface area contributed by atoms with E-state index in [0.717, 1.165) is 12.1 Å². The Kier molecular flexibility index (Phi) is 3.56. The standard InChI is InChI=1S/C12H17N/c1-4-7-8-10-9-13-12(6-3)11(10)5-2/h5-6,9,13H,2-4,7-8H2,1H3. The molecular formula is C12H17N. The number of rotatable bonds is 5. The van der Waals surface area contributed by atoms with Crippen molar-refractivity contribution in [1.29, 1.82) is 0 Å². The van der Waals surface area contributed by atoms with Crippen LogP contribution in [0.1, 0.15) is 36.6 Å². The molecule has 1 aromatic rings. The maximum Gasteiger partial charge on any atom is 0.0450 e. The topological polar surface area (TPSA) is 15.8 Å². The van der Waals surface area contributed by atoms with Crippen LogP contribution in [0.25, 0.3) is 12.2 Å². The van der Waals surface area contributed by atoms with Gasteiger partial charge in [0.25, 0.3) is 0 Å². The van der Waals surface area contributed by atoms with Gasteiger partial charge in [0.2, 0.25) is 0 Å². The Bertz CT molecular complexity index is 294. The van der Waals surface area contributed by atoms with Crippen LogP contribution in [0.2, 0.25) is 0 Å². The van der Waals surface area contributed by atoms with Gasteiger partial charge >= 0.3 is 0 Å². The molecule has 70 valence electrons. The van der Waals surface area contributed by atoms with Gasteiger partial charge in [-0.05, 0) is 24.5 Å². The van der Waals surface area contributed by atoms with Gasteiger partial charge in [0.15, 0.2) is 0 Å². The average molecular weight is 175 g/mol. The van der Waals surface area contributed by atoms with Crippen LogP contribution in [-0.4, -0.2) is 4.98 Å². The van der Waals surface area contributed by atoms with Crippen LogP contribution in [0, 0.1) is 0 Å². The molecule has 0 aromatic carbocycles. The molecule has 1 nitrogen and oxygen atoms in total. The van der Waals surface area contributed by atoms with Crippen molar-refractivity contribution in [1.82, 2.24) is 4.98 Å². The Morgan fingerprint density at radius 2 is 2.15 bits per heavy atom. The predicted octanol–water partition coefficient (Wildman–Crippen LogP) is 3.64. The van der Waals surface area contributed by atoms with Gasteiger partial charge in [-0.1, -0.05) is 32.6 Å². The zero-order valence-corrected chi connectivity index (χ0v) is 8.27. The van der Waals surface area contributed by atoms with Crippen LogP contribution in [0.3, 0.4) is 0 Å². The van der Waals surface area contributed by atoms with Crippen LogP contribution in [-0.2, 0) is 6.42 Å². The quantitative estimate of drug-likeness (QED) is 0.703. The molecule has 1 heteroatoms. The highest BCUT2D eigenvalue weighted by molar-refractivity contribution is 5.64. The smallest absolute Gasteiger partial charge is 0.0450 e. The minimum absolute atomic E-state index is 1.08. The first-order chi connectivity index (χ1) is 6.33. The van der Waals surface area contributed by atoms with E-state index >= 15 is 0 Å². The molecule has 0 bridgehead atoms. The highest BCUT2D eigenvalue weighted by Crippen LogP contribution is 2.18. The normalized spacial score (nSPS) is 9.92. The summed E-state index contributed by atoms with van der Waals surface area (Å²) in [6, 6.07) is 0. The first-order valence-corrected chi connectivity index (χ1v) is 4.78. The fraction of sp³-hybridized carbons (Fsp3) is 0.333. The number of hydrogen-bond donors (Lipinski definition) is 1. The van der Waals surface area contributed by atoms with Crippen molar-refractivity contribution in [3.05, 3.63) is 36.2 Å². The largest absolute Gasteiger partial charge is 0.361 e. The third kappa shape index (κ3) is 2.11. The van der Waals surface area contributed by atoms with E-state index in [-0.39, 0.29) is 0 Å². The number of hydrogen-bond acceptors (Lipinski definition) is 0. The van der Waals surface area contributed by atoms with Gasteiger partial charge in [-0.15, -0.1) is 0 Å². The molecule has 0 unspecified atom stereocenters. The van der Waals surface area contributed by atoms with Crippen LogP contribution in [0.4, 0.5) is 0 Å². The van der Waals surface area contributed by atoms with Crippen molar-refractivity contribution >= 4 is 12.2 Å². The molecule has 13 heavy (non-hydrogen) atoms. The molecule has 0 amide bonds. The molecule has 1 aromatic heterocycles. The molecule has 1 N–H and O–H groups in total. The monoisotopic (exact) mass is 175 g/mol. The van der Waals surface area contributed by atoms with E-state index in [0.29, 0.717) is 0 Å². The van der Waals surface area contributed by atoms with Gasteiger partial charge in [0.1, 0.15) is 0 Å². The van der Waals surface area contributed by atoms with E-state index in [4.69, 9.17) is 0 Å². The molecule has 0 atom stereocenters. The van der Waals surface area contributed by atoms with Crippen molar-refractivity contribution in [3.63, 3.8) is 0 Å². The molecule has 0 aliphatic carbocycles. The van der Waals surface area contributed by atoms with Crippen LogP contribution >= 0.6 is 0 Å². The number of nitrogens with one attached hydrogen (secondary N) is 1. The van der Waals surface area contributed by atoms with Crippen molar-refractivity contribution in [2.45, 2.75) is 26.2 Å². The molecule has 0 aliphatic heterocycles. The van der Waals surface area contributed by atoms with Crippen LogP contribution < -0.4 is 0 Å². The lowest BCUT2D eigenvalue weighted by Gasteiger charge is -1.98. The van der Waals surface area contributed by atoms with Gasteiger partial charge in [-0.2, -0.15) is 0 Å². The fourth-order valence-corrected chi connectivity index (χ4v) is 1.48. The lowest BCUT2D eigenvalue weighted by molar-refractivity contribution is 0.795. The number of aryl methyl sites for hydroxylation is 1. The van der Waals surface area contributed by atoms with Gasteiger partial charge in [0.05, 0.1) is 0 Å². The van der Waals surface area contributed by atoms with E-state index in [1.54, 1.807) is 0 Å². The Morgan fingerprint density at radius 1 is 1.38 bits per heavy atom. The maximum atomic E-state index is 3.81. The SMILES string of the molecule is C=Cc1[nH]cc(CCCC)c1C=C. The van der Waals surface area contributed by atoms with Crippen molar-refractivity contribution < 1.29 is 0 Å². The Labute approximate surface area is 80.2 Å². The second-order valence-corrected chi connectivity index (χ2v) is 3.15. The minimum atomic E-state index is 1.08. The third-order valence-corrected chi connectivity index (χ3v) is 2.25. The number of H-pyrrole nitrogens is 1. The summed E-state index contributed by atoms with van der Waals surface area (Å²) in [5.74, 6) is 0. The van der Waals surface area contributed by atoms with Gasteiger partial charge < -0.3 is 4.98 Å². The summed E-state index contributed by atoms with van der Waals surface area (Å²) in [5, 5.41) is 0. The predicted molar refractivity (Wildman–Crippen MR) is 59.6 cm³/mol. The van der Waals surface area contributed by atoms with E-state index in [1.807, 2.05) is 12.2 Å². The molecule has 0 aliphatic rings. The summed E-state index contributed by atoms with van der Waals surface area (Å²) >= 11 is 0. The maximum absolute atomic E-state index is 3.81. The van der Waals surface area contributed by atoms with E-state index in [9.17, 15) is 0 Å². The molecule has 0 fully saturated rings. The molecule has 0 saturated carbocycles. The minimum Gasteiger partial charge on any atom is -0.361 e. The lowest BCUT2D eigenvalue weighted by atomic mass is 10.1. The molecule has 1 rings (SSSR count). The molecule has 0 radical (unpaired) electrons. The van der Waals surface area contributed by atoms with Crippen molar-refractivity contribution in [3.8, 4) is 0 Å². The van der Waals surface area contributed by atoms with E-state index in [2.05, 4.69) is 31.3 Å². The molecular weight excluding hydrogens is 158 g/mol. The molecule has 0 saturated heterocycles. The Morgan fingerprint density at radius 3 is 2.69 bits per heavy atom. The highest BCUT2D eigenvalue weighted by atomic mass is 14.7. The van der Waals surface area contributed by atoms with Crippen LogP contribution in [0.5, 0.6) is 0 Å². The lowest BCUT2D eigenvalue weighted by Crippen LogP contribution is -1.84. The summed E-state index contributed by atoms with van der Waals surface area (Å²) in [6.07, 6.45) is 9.39. The zero-order valence-electron chi connectivity index (χ0n) is 8.27. The summed E-state index contributed by atoms with van der Waals surface area (Å²) in [7, 11) is 0. The van der Waals surface area contributed by atoms with Crippen LogP contribution in [0.15, 0.2) is 19.4 Å².